The monoisotopic (exact) mass is 394 g/mol. The van der Waals surface area contributed by atoms with Gasteiger partial charge in [0.1, 0.15) is 5.82 Å². The van der Waals surface area contributed by atoms with Crippen molar-refractivity contribution in [3.05, 3.63) is 29.6 Å². The summed E-state index contributed by atoms with van der Waals surface area (Å²) in [7, 11) is 3.62. The lowest BCUT2D eigenvalue weighted by Gasteiger charge is -2.14. The molecular formula is C14H24FIN4. The van der Waals surface area contributed by atoms with Crippen molar-refractivity contribution in [1.82, 2.24) is 5.32 Å². The van der Waals surface area contributed by atoms with Gasteiger partial charge in [-0.05, 0) is 23.6 Å². The molecule has 6 heteroatoms. The molecule has 0 aliphatic rings. The molecule has 0 radical (unpaired) electrons. The van der Waals surface area contributed by atoms with Gasteiger partial charge in [0, 0.05) is 20.6 Å². The number of aliphatic imine (C=N–C) groups is 1. The summed E-state index contributed by atoms with van der Waals surface area (Å²) in [5, 5.41) is 3.02. The number of halogens is 2. The average molecular weight is 394 g/mol. The quantitative estimate of drug-likeness (QED) is 0.459. The summed E-state index contributed by atoms with van der Waals surface area (Å²) >= 11 is 0. The predicted octanol–water partition coefficient (Wildman–Crippen LogP) is 2.57. The lowest BCUT2D eigenvalue weighted by atomic mass is 10.2. The molecule has 114 valence electrons. The Hall–Kier alpha value is -1.05. The van der Waals surface area contributed by atoms with Crippen LogP contribution in [-0.4, -0.2) is 26.6 Å². The second-order valence-corrected chi connectivity index (χ2v) is 5.16. The van der Waals surface area contributed by atoms with E-state index in [2.05, 4.69) is 24.2 Å². The minimum atomic E-state index is -0.244. The second-order valence-electron chi connectivity index (χ2n) is 5.16. The van der Waals surface area contributed by atoms with Gasteiger partial charge in [0.05, 0.1) is 12.2 Å². The van der Waals surface area contributed by atoms with E-state index in [1.807, 2.05) is 20.2 Å². The van der Waals surface area contributed by atoms with E-state index in [1.54, 1.807) is 11.0 Å². The SMILES string of the molecule is CC(C)CNC(N)=NCc1ccc(N(C)C)c(F)c1.I. The smallest absolute Gasteiger partial charge is 0.188 e. The van der Waals surface area contributed by atoms with Crippen LogP contribution in [0.4, 0.5) is 10.1 Å². The molecule has 4 nitrogen and oxygen atoms in total. The number of hydrogen-bond donors (Lipinski definition) is 2. The zero-order chi connectivity index (χ0) is 14.4. The maximum atomic E-state index is 13.7. The van der Waals surface area contributed by atoms with Crippen LogP contribution in [0, 0.1) is 11.7 Å². The first-order valence-electron chi connectivity index (χ1n) is 6.39. The molecule has 0 fully saturated rings. The van der Waals surface area contributed by atoms with Gasteiger partial charge in [0.25, 0.3) is 0 Å². The summed E-state index contributed by atoms with van der Waals surface area (Å²) in [6.45, 7) is 5.34. The highest BCUT2D eigenvalue weighted by Crippen LogP contribution is 2.18. The topological polar surface area (TPSA) is 53.6 Å². The van der Waals surface area contributed by atoms with Gasteiger partial charge in [-0.3, -0.25) is 0 Å². The molecular weight excluding hydrogens is 370 g/mol. The van der Waals surface area contributed by atoms with Crippen LogP contribution in [0.5, 0.6) is 0 Å². The lowest BCUT2D eigenvalue weighted by molar-refractivity contribution is 0.620. The second kappa shape index (κ2) is 8.99. The summed E-state index contributed by atoms with van der Waals surface area (Å²) in [4.78, 5) is 5.92. The fourth-order valence-electron chi connectivity index (χ4n) is 1.55. The molecule has 0 aliphatic heterocycles. The van der Waals surface area contributed by atoms with E-state index in [0.717, 1.165) is 12.1 Å². The van der Waals surface area contributed by atoms with Crippen LogP contribution in [0.25, 0.3) is 0 Å². The number of guanidine groups is 1. The summed E-state index contributed by atoms with van der Waals surface area (Å²) in [6.07, 6.45) is 0. The fraction of sp³-hybridized carbons (Fsp3) is 0.500. The number of nitrogens with one attached hydrogen (secondary N) is 1. The first kappa shape index (κ1) is 18.9. The number of nitrogens with two attached hydrogens (primary N) is 1. The first-order valence-corrected chi connectivity index (χ1v) is 6.39. The molecule has 3 N–H and O–H groups in total. The van der Waals surface area contributed by atoms with Gasteiger partial charge in [0.15, 0.2) is 5.96 Å². The molecule has 0 saturated carbocycles. The Morgan fingerprint density at radius 2 is 2.05 bits per heavy atom. The molecule has 1 aromatic rings. The van der Waals surface area contributed by atoms with E-state index in [0.29, 0.717) is 24.1 Å². The van der Waals surface area contributed by atoms with E-state index >= 15 is 0 Å². The van der Waals surface area contributed by atoms with Gasteiger partial charge in [-0.2, -0.15) is 0 Å². The van der Waals surface area contributed by atoms with Crippen LogP contribution < -0.4 is 16.0 Å². The number of benzene rings is 1. The van der Waals surface area contributed by atoms with Crippen molar-refractivity contribution in [3.63, 3.8) is 0 Å². The highest BCUT2D eigenvalue weighted by molar-refractivity contribution is 14.0. The van der Waals surface area contributed by atoms with E-state index in [-0.39, 0.29) is 29.8 Å². The number of anilines is 1. The van der Waals surface area contributed by atoms with E-state index in [4.69, 9.17) is 5.73 Å². The molecule has 1 rings (SSSR count). The summed E-state index contributed by atoms with van der Waals surface area (Å²) < 4.78 is 13.7. The number of rotatable bonds is 5. The van der Waals surface area contributed by atoms with Crippen molar-refractivity contribution in [2.24, 2.45) is 16.6 Å². The van der Waals surface area contributed by atoms with Gasteiger partial charge in [-0.25, -0.2) is 9.38 Å². The zero-order valence-corrected chi connectivity index (χ0v) is 14.8. The van der Waals surface area contributed by atoms with Crippen LogP contribution >= 0.6 is 24.0 Å². The van der Waals surface area contributed by atoms with Crippen LogP contribution in [0.2, 0.25) is 0 Å². The molecule has 0 unspecified atom stereocenters. The maximum Gasteiger partial charge on any atom is 0.188 e. The highest BCUT2D eigenvalue weighted by atomic mass is 127. The third-order valence-corrected chi connectivity index (χ3v) is 2.62. The number of nitrogens with zero attached hydrogens (tertiary/aromatic N) is 2. The largest absolute Gasteiger partial charge is 0.375 e. The first-order chi connectivity index (χ1) is 8.90. The molecule has 0 saturated heterocycles. The maximum absolute atomic E-state index is 13.7. The van der Waals surface area contributed by atoms with E-state index in [1.165, 1.54) is 6.07 Å². The Balaban J connectivity index is 0.00000361. The Bertz CT molecular complexity index is 447. The minimum absolute atomic E-state index is 0. The van der Waals surface area contributed by atoms with E-state index in [9.17, 15) is 4.39 Å². The van der Waals surface area contributed by atoms with Crippen molar-refractivity contribution < 1.29 is 4.39 Å². The Kier molecular flexibility index (Phi) is 8.52. The molecule has 0 spiro atoms. The Labute approximate surface area is 137 Å². The van der Waals surface area contributed by atoms with Crippen molar-refractivity contribution in [1.29, 1.82) is 0 Å². The van der Waals surface area contributed by atoms with Crippen LogP contribution in [0.3, 0.4) is 0 Å². The summed E-state index contributed by atoms with van der Waals surface area (Å²) in [6, 6.07) is 5.10. The number of hydrogen-bond acceptors (Lipinski definition) is 2. The van der Waals surface area contributed by atoms with Gasteiger partial charge in [-0.15, -0.1) is 24.0 Å². The molecule has 0 aromatic heterocycles. The fourth-order valence-corrected chi connectivity index (χ4v) is 1.55. The van der Waals surface area contributed by atoms with Crippen molar-refractivity contribution in [2.75, 3.05) is 25.5 Å². The minimum Gasteiger partial charge on any atom is -0.375 e. The molecule has 0 atom stereocenters. The van der Waals surface area contributed by atoms with E-state index < -0.39 is 0 Å². The van der Waals surface area contributed by atoms with Crippen molar-refractivity contribution in [3.8, 4) is 0 Å². The standard InChI is InChI=1S/C14H23FN4.HI/c1-10(2)8-17-14(16)18-9-11-5-6-13(19(3)4)12(15)7-11;/h5-7,10H,8-9H2,1-4H3,(H3,16,17,18);1H. The molecule has 1 aromatic carbocycles. The molecule has 0 bridgehead atoms. The van der Waals surface area contributed by atoms with Crippen LogP contribution in [0.15, 0.2) is 23.2 Å². The third-order valence-electron chi connectivity index (χ3n) is 2.62. The van der Waals surface area contributed by atoms with Gasteiger partial charge in [0.2, 0.25) is 0 Å². The van der Waals surface area contributed by atoms with Gasteiger partial charge < -0.3 is 16.0 Å². The normalized spacial score (nSPS) is 11.2. The molecule has 0 heterocycles. The summed E-state index contributed by atoms with van der Waals surface area (Å²) in [5.41, 5.74) is 7.09. The van der Waals surface area contributed by atoms with Crippen LogP contribution in [0.1, 0.15) is 19.4 Å². The lowest BCUT2D eigenvalue weighted by Crippen LogP contribution is -2.34. The Morgan fingerprint density at radius 3 is 2.55 bits per heavy atom. The zero-order valence-electron chi connectivity index (χ0n) is 12.5. The molecule has 0 aliphatic carbocycles. The van der Waals surface area contributed by atoms with Crippen molar-refractivity contribution >= 4 is 35.6 Å². The summed E-state index contributed by atoms with van der Waals surface area (Å²) in [5.74, 6) is 0.655. The van der Waals surface area contributed by atoms with Gasteiger partial charge in [-0.1, -0.05) is 19.9 Å². The predicted molar refractivity (Wildman–Crippen MR) is 94.3 cm³/mol. The third kappa shape index (κ3) is 6.40. The van der Waals surface area contributed by atoms with Crippen molar-refractivity contribution in [2.45, 2.75) is 20.4 Å². The molecule has 20 heavy (non-hydrogen) atoms. The Morgan fingerprint density at radius 1 is 1.40 bits per heavy atom. The highest BCUT2D eigenvalue weighted by Gasteiger charge is 2.05. The molecule has 0 amide bonds. The van der Waals surface area contributed by atoms with Gasteiger partial charge >= 0.3 is 0 Å². The van der Waals surface area contributed by atoms with Crippen LogP contribution in [-0.2, 0) is 6.54 Å². The average Bonchev–Trinajstić information content (AvgIpc) is 2.33.